The molecule has 0 fully saturated rings. The first kappa shape index (κ1) is 23.5. The molecule has 1 aromatic heterocycles. The molecule has 1 amide bonds. The summed E-state index contributed by atoms with van der Waals surface area (Å²) in [5.41, 5.74) is -1.28. The number of benzene rings is 2. The number of hydrogen-bond acceptors (Lipinski definition) is 4. The summed E-state index contributed by atoms with van der Waals surface area (Å²) in [6.45, 7) is -0.118. The van der Waals surface area contributed by atoms with Crippen LogP contribution in [0, 0.1) is 0 Å². The third-order valence-electron chi connectivity index (χ3n) is 4.45. The number of halogens is 5. The van der Waals surface area contributed by atoms with Crippen molar-refractivity contribution in [1.29, 1.82) is 0 Å². The summed E-state index contributed by atoms with van der Waals surface area (Å²) < 4.78 is 66.4. The normalized spacial score (nSPS) is 11.7. The van der Waals surface area contributed by atoms with E-state index in [2.05, 4.69) is 10.4 Å². The van der Waals surface area contributed by atoms with Gasteiger partial charge in [0.2, 0.25) is 0 Å². The Balaban J connectivity index is 1.73. The fourth-order valence-corrected chi connectivity index (χ4v) is 3.58. The fraction of sp³-hybridized carbons (Fsp3) is 0.250. The molecule has 3 rings (SSSR count). The van der Waals surface area contributed by atoms with E-state index in [-0.39, 0.29) is 46.7 Å². The van der Waals surface area contributed by atoms with Crippen molar-refractivity contribution in [3.63, 3.8) is 0 Å². The van der Waals surface area contributed by atoms with Crippen LogP contribution >= 0.6 is 11.8 Å². The maximum atomic E-state index is 13.0. The van der Waals surface area contributed by atoms with Gasteiger partial charge < -0.3 is 5.32 Å². The van der Waals surface area contributed by atoms with Crippen molar-refractivity contribution >= 4 is 17.7 Å². The molecule has 6 nitrogen and oxygen atoms in total. The molecule has 0 radical (unpaired) electrons. The number of thioether (sulfide) groups is 1. The molecule has 0 aliphatic carbocycles. The minimum Gasteiger partial charge on any atom is -0.350 e. The summed E-state index contributed by atoms with van der Waals surface area (Å²) in [5, 5.41) is 6.61. The molecule has 1 heterocycles. The molecular formula is C20H17F5N4O2S. The van der Waals surface area contributed by atoms with Gasteiger partial charge in [0.25, 0.3) is 11.7 Å². The van der Waals surface area contributed by atoms with Crippen LogP contribution in [-0.2, 0) is 19.8 Å². The molecular weight excluding hydrogens is 455 g/mol. The van der Waals surface area contributed by atoms with Crippen LogP contribution in [0.25, 0.3) is 11.4 Å². The number of carbonyl (C=O) groups is 1. The van der Waals surface area contributed by atoms with Crippen LogP contribution in [0.1, 0.15) is 15.9 Å². The SMILES string of the molecule is Cn1c(-c2cccc(C(F)(F)F)c2)nn(CCNC(=O)c2ccccc2SC(F)F)c1=O. The molecule has 0 spiro atoms. The summed E-state index contributed by atoms with van der Waals surface area (Å²) in [5.74, 6) is -3.26. The van der Waals surface area contributed by atoms with Crippen LogP contribution in [0.2, 0.25) is 0 Å². The van der Waals surface area contributed by atoms with E-state index >= 15 is 0 Å². The summed E-state index contributed by atoms with van der Waals surface area (Å²) in [6.07, 6.45) is -4.54. The summed E-state index contributed by atoms with van der Waals surface area (Å²) in [6, 6.07) is 10.3. The number of hydrogen-bond donors (Lipinski definition) is 1. The zero-order valence-electron chi connectivity index (χ0n) is 16.6. The van der Waals surface area contributed by atoms with Crippen LogP contribution in [-0.4, -0.2) is 32.6 Å². The standard InChI is InChI=1S/C20H17F5N4O2S/c1-28-16(12-5-4-6-13(11-12)20(23,24)25)27-29(19(28)31)10-9-26-17(30)14-7-2-3-8-15(14)32-18(21)22/h2-8,11,18H,9-10H2,1H3,(H,26,30). The second-order valence-electron chi connectivity index (χ2n) is 6.60. The molecule has 0 saturated carbocycles. The van der Waals surface area contributed by atoms with Crippen molar-refractivity contribution in [2.45, 2.75) is 23.4 Å². The van der Waals surface area contributed by atoms with Crippen LogP contribution in [0.3, 0.4) is 0 Å². The molecule has 0 aliphatic rings. The van der Waals surface area contributed by atoms with Crippen LogP contribution < -0.4 is 11.0 Å². The molecule has 1 N–H and O–H groups in total. The van der Waals surface area contributed by atoms with Crippen molar-refractivity contribution in [1.82, 2.24) is 19.7 Å². The zero-order chi connectivity index (χ0) is 23.5. The van der Waals surface area contributed by atoms with E-state index in [1.54, 1.807) is 0 Å². The van der Waals surface area contributed by atoms with E-state index in [0.29, 0.717) is 0 Å². The molecule has 32 heavy (non-hydrogen) atoms. The third kappa shape index (κ3) is 5.36. The van der Waals surface area contributed by atoms with Gasteiger partial charge in [0.1, 0.15) is 0 Å². The van der Waals surface area contributed by atoms with Gasteiger partial charge in [0.15, 0.2) is 5.82 Å². The van der Waals surface area contributed by atoms with Crippen LogP contribution in [0.5, 0.6) is 0 Å². The van der Waals surface area contributed by atoms with Crippen molar-refractivity contribution in [3.05, 3.63) is 70.1 Å². The molecule has 0 atom stereocenters. The Hall–Kier alpha value is -3.15. The maximum Gasteiger partial charge on any atom is 0.416 e. The van der Waals surface area contributed by atoms with Crippen LogP contribution in [0.4, 0.5) is 22.0 Å². The largest absolute Gasteiger partial charge is 0.416 e. The first-order valence-corrected chi connectivity index (χ1v) is 10.1. The van der Waals surface area contributed by atoms with Gasteiger partial charge in [-0.25, -0.2) is 9.48 Å². The second-order valence-corrected chi connectivity index (χ2v) is 7.63. The Labute approximate surface area is 183 Å². The number of nitrogens with zero attached hydrogens (tertiary/aromatic N) is 3. The average molecular weight is 472 g/mol. The van der Waals surface area contributed by atoms with Crippen molar-refractivity contribution in [3.8, 4) is 11.4 Å². The summed E-state index contributed by atoms with van der Waals surface area (Å²) >= 11 is 0.246. The maximum absolute atomic E-state index is 13.0. The Morgan fingerprint density at radius 3 is 2.56 bits per heavy atom. The van der Waals surface area contributed by atoms with E-state index in [9.17, 15) is 31.5 Å². The highest BCUT2D eigenvalue weighted by atomic mass is 32.2. The molecule has 12 heteroatoms. The fourth-order valence-electron chi connectivity index (χ4n) is 2.94. The Morgan fingerprint density at radius 1 is 1.16 bits per heavy atom. The van der Waals surface area contributed by atoms with Gasteiger partial charge >= 0.3 is 11.9 Å². The van der Waals surface area contributed by atoms with Crippen molar-refractivity contribution in [2.75, 3.05) is 6.54 Å². The van der Waals surface area contributed by atoms with Gasteiger partial charge in [0.05, 0.1) is 17.7 Å². The Kier molecular flexibility index (Phi) is 7.02. The number of rotatable bonds is 7. The van der Waals surface area contributed by atoms with Gasteiger partial charge in [-0.3, -0.25) is 9.36 Å². The van der Waals surface area contributed by atoms with E-state index < -0.39 is 29.1 Å². The van der Waals surface area contributed by atoms with Gasteiger partial charge in [0, 0.05) is 24.1 Å². The lowest BCUT2D eigenvalue weighted by atomic mass is 10.1. The minimum absolute atomic E-state index is 0.0334. The quantitative estimate of drug-likeness (QED) is 0.417. The van der Waals surface area contributed by atoms with E-state index in [4.69, 9.17) is 0 Å². The lowest BCUT2D eigenvalue weighted by molar-refractivity contribution is -0.137. The lowest BCUT2D eigenvalue weighted by Crippen LogP contribution is -2.32. The minimum atomic E-state index is -4.54. The number of nitrogens with one attached hydrogen (secondary N) is 1. The molecule has 0 unspecified atom stereocenters. The first-order valence-electron chi connectivity index (χ1n) is 9.21. The molecule has 0 saturated heterocycles. The monoisotopic (exact) mass is 472 g/mol. The number of aromatic nitrogens is 3. The molecule has 0 bridgehead atoms. The molecule has 170 valence electrons. The number of alkyl halides is 5. The summed E-state index contributed by atoms with van der Waals surface area (Å²) in [7, 11) is 1.37. The second kappa shape index (κ2) is 9.55. The highest BCUT2D eigenvalue weighted by Crippen LogP contribution is 2.31. The highest BCUT2D eigenvalue weighted by Gasteiger charge is 2.31. The number of carbonyl (C=O) groups excluding carboxylic acids is 1. The molecule has 2 aromatic carbocycles. The predicted molar refractivity (Wildman–Crippen MR) is 109 cm³/mol. The smallest absolute Gasteiger partial charge is 0.350 e. The number of amides is 1. The van der Waals surface area contributed by atoms with E-state index in [0.717, 1.165) is 21.4 Å². The van der Waals surface area contributed by atoms with Crippen molar-refractivity contribution < 1.29 is 26.7 Å². The zero-order valence-corrected chi connectivity index (χ0v) is 17.4. The van der Waals surface area contributed by atoms with Gasteiger partial charge in [-0.15, -0.1) is 5.10 Å². The predicted octanol–water partition coefficient (Wildman–Crippen LogP) is 4.01. The average Bonchev–Trinajstić information content (AvgIpc) is 3.02. The topological polar surface area (TPSA) is 68.9 Å². The lowest BCUT2D eigenvalue weighted by Gasteiger charge is -2.09. The van der Waals surface area contributed by atoms with Gasteiger partial charge in [-0.1, -0.05) is 36.0 Å². The van der Waals surface area contributed by atoms with E-state index in [1.807, 2.05) is 0 Å². The van der Waals surface area contributed by atoms with Gasteiger partial charge in [-0.05, 0) is 24.3 Å². The molecule has 0 aliphatic heterocycles. The summed E-state index contributed by atoms with van der Waals surface area (Å²) in [4.78, 5) is 24.9. The third-order valence-corrected chi connectivity index (χ3v) is 5.23. The first-order chi connectivity index (χ1) is 15.1. The van der Waals surface area contributed by atoms with Crippen LogP contribution in [0.15, 0.2) is 58.2 Å². The Morgan fingerprint density at radius 2 is 1.88 bits per heavy atom. The van der Waals surface area contributed by atoms with E-state index in [1.165, 1.54) is 43.4 Å². The molecule has 3 aromatic rings. The van der Waals surface area contributed by atoms with Gasteiger partial charge in [-0.2, -0.15) is 22.0 Å². The Bertz CT molecular complexity index is 1170. The van der Waals surface area contributed by atoms with Crippen molar-refractivity contribution in [2.24, 2.45) is 7.05 Å². The highest BCUT2D eigenvalue weighted by molar-refractivity contribution is 7.99.